The predicted octanol–water partition coefficient (Wildman–Crippen LogP) is 1.38. The highest BCUT2D eigenvalue weighted by Gasteiger charge is 2.23. The van der Waals surface area contributed by atoms with E-state index in [1.165, 1.54) is 12.1 Å². The highest BCUT2D eigenvalue weighted by Crippen LogP contribution is 2.17. The fourth-order valence-corrected chi connectivity index (χ4v) is 4.26. The van der Waals surface area contributed by atoms with E-state index in [0.717, 1.165) is 38.8 Å². The van der Waals surface area contributed by atoms with E-state index in [1.807, 2.05) is 0 Å². The maximum Gasteiger partial charge on any atom is 0.253 e. The molecule has 126 valence electrons. The standard InChI is InChI=1S/C16H22N2O4S/c19-16(18-9-1-2-10-18)13-5-7-15(8-6-13)23(20,21)17-14-4-3-11-22-12-14/h5-8,14,17H,1-4,9-12H2/t14-/m1/s1. The summed E-state index contributed by atoms with van der Waals surface area (Å²) in [6, 6.07) is 5.99. The first-order valence-electron chi connectivity index (χ1n) is 8.06. The van der Waals surface area contributed by atoms with Gasteiger partial charge < -0.3 is 9.64 Å². The monoisotopic (exact) mass is 338 g/mol. The van der Waals surface area contributed by atoms with Gasteiger partial charge in [0.05, 0.1) is 11.5 Å². The molecule has 0 aromatic heterocycles. The summed E-state index contributed by atoms with van der Waals surface area (Å²) >= 11 is 0. The van der Waals surface area contributed by atoms with Crippen LogP contribution in [-0.4, -0.2) is 51.6 Å². The van der Waals surface area contributed by atoms with Crippen LogP contribution in [0.25, 0.3) is 0 Å². The Kier molecular flexibility index (Phi) is 4.99. The zero-order valence-electron chi connectivity index (χ0n) is 13.0. The number of ether oxygens (including phenoxy) is 1. The SMILES string of the molecule is O=C(c1ccc(S(=O)(=O)N[C@@H]2CCCOC2)cc1)N1CCCC1. The fraction of sp³-hybridized carbons (Fsp3) is 0.562. The van der Waals surface area contributed by atoms with Gasteiger partial charge in [0.1, 0.15) is 0 Å². The second kappa shape index (κ2) is 6.98. The molecule has 2 aliphatic heterocycles. The average molecular weight is 338 g/mol. The fourth-order valence-electron chi connectivity index (χ4n) is 3.00. The molecule has 7 heteroatoms. The predicted molar refractivity (Wildman–Crippen MR) is 85.7 cm³/mol. The molecule has 1 aromatic carbocycles. The number of hydrogen-bond acceptors (Lipinski definition) is 4. The van der Waals surface area contributed by atoms with Crippen molar-refractivity contribution in [1.29, 1.82) is 0 Å². The van der Waals surface area contributed by atoms with Crippen LogP contribution in [0.3, 0.4) is 0 Å². The van der Waals surface area contributed by atoms with Gasteiger partial charge in [-0.05, 0) is 49.9 Å². The van der Waals surface area contributed by atoms with Crippen molar-refractivity contribution in [1.82, 2.24) is 9.62 Å². The second-order valence-corrected chi connectivity index (χ2v) is 7.77. The molecular weight excluding hydrogens is 316 g/mol. The van der Waals surface area contributed by atoms with Crippen LogP contribution < -0.4 is 4.72 Å². The minimum Gasteiger partial charge on any atom is -0.380 e. The normalized spacial score (nSPS) is 22.3. The molecule has 0 bridgehead atoms. The third-order valence-corrected chi connectivity index (χ3v) is 5.82. The van der Waals surface area contributed by atoms with Crippen molar-refractivity contribution in [2.45, 2.75) is 36.6 Å². The van der Waals surface area contributed by atoms with Gasteiger partial charge in [-0.1, -0.05) is 0 Å². The Balaban J connectivity index is 1.69. The molecule has 1 amide bonds. The van der Waals surface area contributed by atoms with Crippen LogP contribution in [0.2, 0.25) is 0 Å². The number of sulfonamides is 1. The number of likely N-dealkylation sites (tertiary alicyclic amines) is 1. The molecule has 23 heavy (non-hydrogen) atoms. The summed E-state index contributed by atoms with van der Waals surface area (Å²) in [5.74, 6) is -0.0277. The molecule has 0 saturated carbocycles. The largest absolute Gasteiger partial charge is 0.380 e. The maximum absolute atomic E-state index is 12.4. The van der Waals surface area contributed by atoms with Crippen molar-refractivity contribution >= 4 is 15.9 Å². The molecular formula is C16H22N2O4S. The third kappa shape index (κ3) is 3.91. The zero-order chi connectivity index (χ0) is 16.3. The molecule has 6 nitrogen and oxygen atoms in total. The summed E-state index contributed by atoms with van der Waals surface area (Å²) in [4.78, 5) is 14.3. The smallest absolute Gasteiger partial charge is 0.253 e. The maximum atomic E-state index is 12.4. The molecule has 2 saturated heterocycles. The summed E-state index contributed by atoms with van der Waals surface area (Å²) in [6.45, 7) is 2.65. The van der Waals surface area contributed by atoms with Gasteiger partial charge in [-0.2, -0.15) is 0 Å². The van der Waals surface area contributed by atoms with Gasteiger partial charge in [-0.25, -0.2) is 13.1 Å². The van der Waals surface area contributed by atoms with Crippen LogP contribution >= 0.6 is 0 Å². The van der Waals surface area contributed by atoms with Crippen molar-refractivity contribution in [3.8, 4) is 0 Å². The summed E-state index contributed by atoms with van der Waals surface area (Å²) < 4.78 is 32.7. The summed E-state index contributed by atoms with van der Waals surface area (Å²) in [6.07, 6.45) is 3.71. The van der Waals surface area contributed by atoms with E-state index < -0.39 is 10.0 Å². The molecule has 0 spiro atoms. The van der Waals surface area contributed by atoms with Gasteiger partial charge in [0.25, 0.3) is 5.91 Å². The topological polar surface area (TPSA) is 75.7 Å². The number of hydrogen-bond donors (Lipinski definition) is 1. The van der Waals surface area contributed by atoms with Gasteiger partial charge in [-0.3, -0.25) is 4.79 Å². The van der Waals surface area contributed by atoms with E-state index in [9.17, 15) is 13.2 Å². The van der Waals surface area contributed by atoms with Gasteiger partial charge in [0.2, 0.25) is 10.0 Å². The van der Waals surface area contributed by atoms with Crippen LogP contribution in [0.4, 0.5) is 0 Å². The van der Waals surface area contributed by atoms with Crippen LogP contribution in [0, 0.1) is 0 Å². The Morgan fingerprint density at radius 3 is 2.43 bits per heavy atom. The average Bonchev–Trinajstić information content (AvgIpc) is 3.09. The third-order valence-electron chi connectivity index (χ3n) is 4.29. The van der Waals surface area contributed by atoms with Gasteiger partial charge in [-0.15, -0.1) is 0 Å². The molecule has 0 radical (unpaired) electrons. The van der Waals surface area contributed by atoms with Crippen molar-refractivity contribution < 1.29 is 17.9 Å². The molecule has 1 atom stereocenters. The minimum absolute atomic E-state index is 0.0277. The lowest BCUT2D eigenvalue weighted by Crippen LogP contribution is -2.40. The Morgan fingerprint density at radius 1 is 1.13 bits per heavy atom. The van der Waals surface area contributed by atoms with Gasteiger partial charge >= 0.3 is 0 Å². The number of amides is 1. The van der Waals surface area contributed by atoms with Gasteiger partial charge in [0, 0.05) is 31.3 Å². The number of carbonyl (C=O) groups excluding carboxylic acids is 1. The molecule has 2 heterocycles. The first-order chi connectivity index (χ1) is 11.1. The quantitative estimate of drug-likeness (QED) is 0.900. The Morgan fingerprint density at radius 2 is 1.83 bits per heavy atom. The highest BCUT2D eigenvalue weighted by atomic mass is 32.2. The number of nitrogens with zero attached hydrogens (tertiary/aromatic N) is 1. The van der Waals surface area contributed by atoms with E-state index >= 15 is 0 Å². The number of nitrogens with one attached hydrogen (secondary N) is 1. The number of rotatable bonds is 4. The zero-order valence-corrected chi connectivity index (χ0v) is 13.8. The molecule has 2 fully saturated rings. The lowest BCUT2D eigenvalue weighted by atomic mass is 10.1. The molecule has 3 rings (SSSR count). The Labute approximate surface area is 136 Å². The van der Waals surface area contributed by atoms with Crippen LogP contribution in [0.5, 0.6) is 0 Å². The van der Waals surface area contributed by atoms with E-state index in [2.05, 4.69) is 4.72 Å². The van der Waals surface area contributed by atoms with E-state index in [1.54, 1.807) is 17.0 Å². The van der Waals surface area contributed by atoms with E-state index in [0.29, 0.717) is 18.8 Å². The molecule has 2 aliphatic rings. The Bertz CT molecular complexity index is 645. The molecule has 1 aromatic rings. The second-order valence-electron chi connectivity index (χ2n) is 6.06. The highest BCUT2D eigenvalue weighted by molar-refractivity contribution is 7.89. The summed E-state index contributed by atoms with van der Waals surface area (Å²) in [5.41, 5.74) is 0.534. The first kappa shape index (κ1) is 16.4. The van der Waals surface area contributed by atoms with E-state index in [-0.39, 0.29) is 16.8 Å². The van der Waals surface area contributed by atoms with Crippen LogP contribution in [0.1, 0.15) is 36.0 Å². The van der Waals surface area contributed by atoms with Crippen molar-refractivity contribution in [2.24, 2.45) is 0 Å². The molecule has 0 unspecified atom stereocenters. The Hall–Kier alpha value is -1.44. The van der Waals surface area contributed by atoms with Crippen molar-refractivity contribution in [2.75, 3.05) is 26.3 Å². The summed E-state index contributed by atoms with van der Waals surface area (Å²) in [7, 11) is -3.58. The molecule has 0 aliphatic carbocycles. The van der Waals surface area contributed by atoms with Crippen molar-refractivity contribution in [3.63, 3.8) is 0 Å². The number of carbonyl (C=O) groups is 1. The molecule has 1 N–H and O–H groups in total. The van der Waals surface area contributed by atoms with Gasteiger partial charge in [0.15, 0.2) is 0 Å². The number of benzene rings is 1. The first-order valence-corrected chi connectivity index (χ1v) is 9.54. The van der Waals surface area contributed by atoms with E-state index in [4.69, 9.17) is 4.74 Å². The van der Waals surface area contributed by atoms with Crippen LogP contribution in [0.15, 0.2) is 29.2 Å². The lowest BCUT2D eigenvalue weighted by Gasteiger charge is -2.23. The van der Waals surface area contributed by atoms with Crippen molar-refractivity contribution in [3.05, 3.63) is 29.8 Å². The van der Waals surface area contributed by atoms with Crippen LogP contribution in [-0.2, 0) is 14.8 Å². The summed E-state index contributed by atoms with van der Waals surface area (Å²) in [5, 5.41) is 0. The minimum atomic E-state index is -3.58. The lowest BCUT2D eigenvalue weighted by molar-refractivity contribution is 0.0774.